The predicted octanol–water partition coefficient (Wildman–Crippen LogP) is 2.53. The van der Waals surface area contributed by atoms with E-state index in [4.69, 9.17) is 4.42 Å². The molecule has 0 radical (unpaired) electrons. The zero-order chi connectivity index (χ0) is 20.8. The van der Waals surface area contributed by atoms with Crippen molar-refractivity contribution in [2.75, 3.05) is 37.7 Å². The van der Waals surface area contributed by atoms with Crippen LogP contribution in [0.4, 0.5) is 0 Å². The molecule has 0 N–H and O–H groups in total. The molecule has 29 heavy (non-hydrogen) atoms. The van der Waals surface area contributed by atoms with Crippen LogP contribution in [0.15, 0.2) is 27.4 Å². The van der Waals surface area contributed by atoms with E-state index in [0.29, 0.717) is 29.6 Å². The Labute approximate surface area is 172 Å². The Kier molecular flexibility index (Phi) is 5.57. The highest BCUT2D eigenvalue weighted by molar-refractivity contribution is 7.91. The van der Waals surface area contributed by atoms with Gasteiger partial charge in [-0.2, -0.15) is 0 Å². The fourth-order valence-electron chi connectivity index (χ4n) is 4.74. The van der Waals surface area contributed by atoms with Gasteiger partial charge in [0.15, 0.2) is 9.84 Å². The highest BCUT2D eigenvalue weighted by Gasteiger charge is 2.33. The first kappa shape index (κ1) is 20.6. The van der Waals surface area contributed by atoms with Crippen molar-refractivity contribution >= 4 is 20.8 Å². The molecule has 7 heteroatoms. The Morgan fingerprint density at radius 3 is 2.48 bits per heavy atom. The number of hydrogen-bond donors (Lipinski definition) is 0. The molecule has 2 aromatic rings. The summed E-state index contributed by atoms with van der Waals surface area (Å²) in [6, 6.07) is 5.95. The number of rotatable bonds is 4. The summed E-state index contributed by atoms with van der Waals surface area (Å²) in [4.78, 5) is 16.8. The molecule has 1 aromatic carbocycles. The monoisotopic (exact) mass is 418 g/mol. The van der Waals surface area contributed by atoms with Gasteiger partial charge in [0.2, 0.25) is 0 Å². The van der Waals surface area contributed by atoms with Crippen LogP contribution in [0.2, 0.25) is 0 Å². The molecule has 2 aliphatic heterocycles. The van der Waals surface area contributed by atoms with Gasteiger partial charge in [-0.3, -0.25) is 9.80 Å². The molecule has 2 fully saturated rings. The van der Waals surface area contributed by atoms with E-state index in [-0.39, 0.29) is 11.7 Å². The Bertz CT molecular complexity index is 1070. The van der Waals surface area contributed by atoms with Crippen LogP contribution in [0.1, 0.15) is 42.9 Å². The van der Waals surface area contributed by atoms with Gasteiger partial charge in [-0.05, 0) is 48.1 Å². The van der Waals surface area contributed by atoms with E-state index < -0.39 is 9.84 Å². The summed E-state index contributed by atoms with van der Waals surface area (Å²) in [5.74, 6) is 1.03. The fraction of sp³-hybridized carbons (Fsp3) is 0.591. The molecule has 4 rings (SSSR count). The third-order valence-corrected chi connectivity index (χ3v) is 8.11. The van der Waals surface area contributed by atoms with E-state index in [1.54, 1.807) is 6.07 Å². The van der Waals surface area contributed by atoms with Gasteiger partial charge in [0.1, 0.15) is 5.58 Å². The summed E-state index contributed by atoms with van der Waals surface area (Å²) < 4.78 is 29.0. The molecular formula is C22H30N2O4S. The lowest BCUT2D eigenvalue weighted by molar-refractivity contribution is 0.100. The largest absolute Gasteiger partial charge is 0.423 e. The number of piperazine rings is 1. The number of aryl methyl sites for hydroxylation is 1. The van der Waals surface area contributed by atoms with E-state index in [1.807, 2.05) is 6.07 Å². The summed E-state index contributed by atoms with van der Waals surface area (Å²) in [7, 11) is -2.85. The van der Waals surface area contributed by atoms with Gasteiger partial charge < -0.3 is 4.42 Å². The molecule has 6 nitrogen and oxygen atoms in total. The zero-order valence-corrected chi connectivity index (χ0v) is 18.3. The minimum atomic E-state index is -2.85. The van der Waals surface area contributed by atoms with Crippen molar-refractivity contribution in [1.29, 1.82) is 0 Å². The van der Waals surface area contributed by atoms with Crippen molar-refractivity contribution in [3.05, 3.63) is 45.3 Å². The third kappa shape index (κ3) is 4.42. The lowest BCUT2D eigenvalue weighted by Gasteiger charge is -2.37. The van der Waals surface area contributed by atoms with Crippen molar-refractivity contribution < 1.29 is 12.8 Å². The lowest BCUT2D eigenvalue weighted by atomic mass is 9.95. The maximum atomic E-state index is 12.1. The second-order valence-electron chi connectivity index (χ2n) is 8.82. The molecule has 0 bridgehead atoms. The van der Waals surface area contributed by atoms with Crippen LogP contribution >= 0.6 is 0 Å². The van der Waals surface area contributed by atoms with Crippen LogP contribution in [-0.2, 0) is 16.4 Å². The second kappa shape index (κ2) is 7.85. The smallest absolute Gasteiger partial charge is 0.336 e. The standard InChI is InChI=1S/C22H30N2O4S/c1-15(2)19-12-20-17(11-22(25)28-21(20)10-16(19)3)13-23-5-7-24(8-6-23)18-4-9-29(26,27)14-18/h10-12,15,18H,4-9,13-14H2,1-3H3/t18-/m0/s1. The molecule has 1 atom stereocenters. The van der Waals surface area contributed by atoms with Crippen LogP contribution in [0.25, 0.3) is 11.0 Å². The summed E-state index contributed by atoms with van der Waals surface area (Å²) in [6.45, 7) is 10.6. The Balaban J connectivity index is 1.51. The molecule has 0 saturated carbocycles. The van der Waals surface area contributed by atoms with Crippen molar-refractivity contribution in [3.63, 3.8) is 0 Å². The number of hydrogen-bond acceptors (Lipinski definition) is 6. The SMILES string of the molecule is Cc1cc2oc(=O)cc(CN3CCN([C@H]4CCS(=O)(=O)C4)CC3)c2cc1C(C)C. The summed E-state index contributed by atoms with van der Waals surface area (Å²) in [6.07, 6.45) is 0.754. The van der Waals surface area contributed by atoms with Crippen LogP contribution in [0.3, 0.4) is 0 Å². The minimum Gasteiger partial charge on any atom is -0.423 e. The summed E-state index contributed by atoms with van der Waals surface area (Å²) in [5.41, 5.74) is 3.78. The lowest BCUT2D eigenvalue weighted by Crippen LogP contribution is -2.50. The van der Waals surface area contributed by atoms with Gasteiger partial charge in [0, 0.05) is 50.2 Å². The summed E-state index contributed by atoms with van der Waals surface area (Å²) in [5, 5.41) is 1.02. The minimum absolute atomic E-state index is 0.170. The number of nitrogens with zero attached hydrogens (tertiary/aromatic N) is 2. The first-order valence-electron chi connectivity index (χ1n) is 10.5. The van der Waals surface area contributed by atoms with Crippen molar-refractivity contribution in [2.45, 2.75) is 45.7 Å². The maximum Gasteiger partial charge on any atom is 0.336 e. The number of fused-ring (bicyclic) bond motifs is 1. The van der Waals surface area contributed by atoms with Crippen molar-refractivity contribution in [3.8, 4) is 0 Å². The summed E-state index contributed by atoms with van der Waals surface area (Å²) >= 11 is 0. The highest BCUT2D eigenvalue weighted by atomic mass is 32.2. The zero-order valence-electron chi connectivity index (χ0n) is 17.5. The van der Waals surface area contributed by atoms with E-state index in [2.05, 4.69) is 36.6 Å². The molecule has 0 spiro atoms. The van der Waals surface area contributed by atoms with Crippen LogP contribution in [0, 0.1) is 6.92 Å². The molecule has 0 aliphatic carbocycles. The Hall–Kier alpha value is -1.70. The molecule has 3 heterocycles. The molecule has 1 aromatic heterocycles. The number of sulfone groups is 1. The third-order valence-electron chi connectivity index (χ3n) is 6.36. The second-order valence-corrected chi connectivity index (χ2v) is 11.0. The molecular weight excluding hydrogens is 388 g/mol. The van der Waals surface area contributed by atoms with Gasteiger partial charge in [0.05, 0.1) is 11.5 Å². The fourth-order valence-corrected chi connectivity index (χ4v) is 6.50. The predicted molar refractivity (Wildman–Crippen MR) is 115 cm³/mol. The first-order chi connectivity index (χ1) is 13.7. The number of benzene rings is 1. The van der Waals surface area contributed by atoms with E-state index >= 15 is 0 Å². The van der Waals surface area contributed by atoms with Crippen molar-refractivity contribution in [1.82, 2.24) is 9.80 Å². The van der Waals surface area contributed by atoms with E-state index in [1.165, 1.54) is 5.56 Å². The maximum absolute atomic E-state index is 12.1. The van der Waals surface area contributed by atoms with Gasteiger partial charge in [-0.1, -0.05) is 13.8 Å². The Morgan fingerprint density at radius 2 is 1.86 bits per heavy atom. The molecule has 158 valence electrons. The quantitative estimate of drug-likeness (QED) is 0.711. The average molecular weight is 419 g/mol. The van der Waals surface area contributed by atoms with Crippen LogP contribution in [-0.4, -0.2) is 61.9 Å². The topological polar surface area (TPSA) is 70.8 Å². The first-order valence-corrected chi connectivity index (χ1v) is 12.3. The van der Waals surface area contributed by atoms with Crippen LogP contribution < -0.4 is 5.63 Å². The average Bonchev–Trinajstić information content (AvgIpc) is 3.01. The van der Waals surface area contributed by atoms with Crippen molar-refractivity contribution in [2.24, 2.45) is 0 Å². The van der Waals surface area contributed by atoms with Gasteiger partial charge in [-0.15, -0.1) is 0 Å². The van der Waals surface area contributed by atoms with E-state index in [0.717, 1.165) is 49.1 Å². The molecule has 0 unspecified atom stereocenters. The molecule has 2 aliphatic rings. The van der Waals surface area contributed by atoms with Crippen LogP contribution in [0.5, 0.6) is 0 Å². The highest BCUT2D eigenvalue weighted by Crippen LogP contribution is 2.28. The normalized spacial score (nSPS) is 23.2. The molecule has 2 saturated heterocycles. The molecule has 0 amide bonds. The van der Waals surface area contributed by atoms with Gasteiger partial charge >= 0.3 is 5.63 Å². The van der Waals surface area contributed by atoms with Gasteiger partial charge in [0.25, 0.3) is 0 Å². The van der Waals surface area contributed by atoms with E-state index in [9.17, 15) is 13.2 Å². The van der Waals surface area contributed by atoms with Gasteiger partial charge in [-0.25, -0.2) is 13.2 Å². The Morgan fingerprint density at radius 1 is 1.14 bits per heavy atom.